The van der Waals surface area contributed by atoms with Crippen LogP contribution in [0.1, 0.15) is 24.5 Å². The maximum atomic E-state index is 13.7. The Kier molecular flexibility index (Phi) is 5.78. The van der Waals surface area contributed by atoms with E-state index in [2.05, 4.69) is 0 Å². The Hall–Kier alpha value is -2.07. The zero-order chi connectivity index (χ0) is 15.9. The molecule has 0 fully saturated rings. The Morgan fingerprint density at radius 3 is 2.50 bits per heavy atom. The molecule has 0 aromatic heterocycles. The molecule has 0 heterocycles. The van der Waals surface area contributed by atoms with Crippen LogP contribution in [0.4, 0.5) is 4.39 Å². The maximum Gasteiger partial charge on any atom is 0.164 e. The number of aryl methyl sites for hydroxylation is 1. The van der Waals surface area contributed by atoms with E-state index in [4.69, 9.17) is 15.2 Å². The number of hydrogen-bond acceptors (Lipinski definition) is 3. The average Bonchev–Trinajstić information content (AvgIpc) is 2.52. The van der Waals surface area contributed by atoms with Crippen LogP contribution in [0.15, 0.2) is 42.5 Å². The van der Waals surface area contributed by atoms with E-state index < -0.39 is 0 Å². The third-order valence-electron chi connectivity index (χ3n) is 3.48. The van der Waals surface area contributed by atoms with Gasteiger partial charge in [0.15, 0.2) is 11.5 Å². The van der Waals surface area contributed by atoms with Gasteiger partial charge in [0.25, 0.3) is 0 Å². The molecule has 0 aliphatic rings. The van der Waals surface area contributed by atoms with Crippen LogP contribution in [0.5, 0.6) is 11.5 Å². The van der Waals surface area contributed by atoms with Gasteiger partial charge in [-0.15, -0.1) is 0 Å². The average molecular weight is 303 g/mol. The quantitative estimate of drug-likeness (QED) is 0.848. The summed E-state index contributed by atoms with van der Waals surface area (Å²) < 4.78 is 24.9. The van der Waals surface area contributed by atoms with E-state index >= 15 is 0 Å². The molecular formula is C18H22FNO2. The van der Waals surface area contributed by atoms with E-state index in [1.165, 1.54) is 6.07 Å². The Balaban J connectivity index is 2.18. The minimum atomic E-state index is -0.269. The number of methoxy groups -OCH3 is 1. The highest BCUT2D eigenvalue weighted by atomic mass is 19.1. The Bertz CT molecular complexity index is 614. The highest BCUT2D eigenvalue weighted by molar-refractivity contribution is 5.46. The number of hydrogen-bond donors (Lipinski definition) is 1. The fourth-order valence-electron chi connectivity index (χ4n) is 2.23. The number of rotatable bonds is 7. The Morgan fingerprint density at radius 1 is 1.09 bits per heavy atom. The molecule has 0 amide bonds. The molecule has 0 aliphatic carbocycles. The number of halogens is 1. The molecule has 0 saturated carbocycles. The molecule has 1 atom stereocenters. The van der Waals surface area contributed by atoms with Crippen LogP contribution in [-0.4, -0.2) is 13.2 Å². The van der Waals surface area contributed by atoms with Crippen molar-refractivity contribution in [3.8, 4) is 11.5 Å². The van der Waals surface area contributed by atoms with Crippen molar-refractivity contribution in [1.29, 1.82) is 0 Å². The standard InChI is InChI=1S/C18H22FNO2/c1-13(20)10-11-14-7-5-9-17(21-2)18(14)22-12-15-6-3-4-8-16(15)19/h3-9,13H,10-12,20H2,1-2H3. The van der Waals surface area contributed by atoms with Gasteiger partial charge in [0.05, 0.1) is 7.11 Å². The van der Waals surface area contributed by atoms with Crippen molar-refractivity contribution in [2.75, 3.05) is 7.11 Å². The predicted molar refractivity (Wildman–Crippen MR) is 85.7 cm³/mol. The summed E-state index contributed by atoms with van der Waals surface area (Å²) in [5, 5.41) is 0. The van der Waals surface area contributed by atoms with Crippen LogP contribution in [0.25, 0.3) is 0 Å². The van der Waals surface area contributed by atoms with Crippen molar-refractivity contribution in [2.24, 2.45) is 5.73 Å². The largest absolute Gasteiger partial charge is 0.493 e. The molecule has 22 heavy (non-hydrogen) atoms. The van der Waals surface area contributed by atoms with Gasteiger partial charge in [0, 0.05) is 11.6 Å². The van der Waals surface area contributed by atoms with Crippen LogP contribution in [0.3, 0.4) is 0 Å². The summed E-state index contributed by atoms with van der Waals surface area (Å²) in [6.45, 7) is 2.14. The Morgan fingerprint density at radius 2 is 1.82 bits per heavy atom. The topological polar surface area (TPSA) is 44.5 Å². The fraction of sp³-hybridized carbons (Fsp3) is 0.333. The Labute approximate surface area is 130 Å². The smallest absolute Gasteiger partial charge is 0.164 e. The van der Waals surface area contributed by atoms with Crippen molar-refractivity contribution in [3.05, 3.63) is 59.4 Å². The molecule has 0 radical (unpaired) electrons. The summed E-state index contributed by atoms with van der Waals surface area (Å²) >= 11 is 0. The molecule has 0 spiro atoms. The lowest BCUT2D eigenvalue weighted by Gasteiger charge is -2.16. The normalized spacial score (nSPS) is 12.0. The zero-order valence-corrected chi connectivity index (χ0v) is 13.0. The third-order valence-corrected chi connectivity index (χ3v) is 3.48. The lowest BCUT2D eigenvalue weighted by atomic mass is 10.0. The minimum absolute atomic E-state index is 0.116. The van der Waals surface area contributed by atoms with E-state index in [-0.39, 0.29) is 18.5 Å². The monoisotopic (exact) mass is 303 g/mol. The SMILES string of the molecule is COc1cccc(CCC(C)N)c1OCc1ccccc1F. The lowest BCUT2D eigenvalue weighted by molar-refractivity contribution is 0.276. The summed E-state index contributed by atoms with van der Waals surface area (Å²) in [7, 11) is 1.60. The van der Waals surface area contributed by atoms with Crippen LogP contribution < -0.4 is 15.2 Å². The van der Waals surface area contributed by atoms with Gasteiger partial charge < -0.3 is 15.2 Å². The first-order valence-corrected chi connectivity index (χ1v) is 7.39. The van der Waals surface area contributed by atoms with E-state index in [1.54, 1.807) is 25.3 Å². The highest BCUT2D eigenvalue weighted by Gasteiger charge is 2.12. The summed E-state index contributed by atoms with van der Waals surface area (Å²) in [6, 6.07) is 12.5. The summed E-state index contributed by atoms with van der Waals surface area (Å²) in [5.41, 5.74) is 7.37. The van der Waals surface area contributed by atoms with Crippen molar-refractivity contribution in [2.45, 2.75) is 32.4 Å². The fourth-order valence-corrected chi connectivity index (χ4v) is 2.23. The molecule has 1 unspecified atom stereocenters. The van der Waals surface area contributed by atoms with Crippen molar-refractivity contribution >= 4 is 0 Å². The second kappa shape index (κ2) is 7.80. The molecule has 0 saturated heterocycles. The molecule has 2 N–H and O–H groups in total. The van der Waals surface area contributed by atoms with Gasteiger partial charge in [-0.1, -0.05) is 30.3 Å². The number of ether oxygens (including phenoxy) is 2. The minimum Gasteiger partial charge on any atom is -0.493 e. The van der Waals surface area contributed by atoms with E-state index in [0.29, 0.717) is 17.1 Å². The molecule has 3 nitrogen and oxygen atoms in total. The van der Waals surface area contributed by atoms with Crippen molar-refractivity contribution in [3.63, 3.8) is 0 Å². The second-order valence-electron chi connectivity index (χ2n) is 5.34. The van der Waals surface area contributed by atoms with Gasteiger partial charge in [0.1, 0.15) is 12.4 Å². The summed E-state index contributed by atoms with van der Waals surface area (Å²) in [5.74, 6) is 1.04. The molecular weight excluding hydrogens is 281 g/mol. The number of nitrogens with two attached hydrogens (primary N) is 1. The van der Waals surface area contributed by atoms with E-state index in [0.717, 1.165) is 18.4 Å². The molecule has 2 aromatic carbocycles. The predicted octanol–water partition coefficient (Wildman–Crippen LogP) is 3.69. The third kappa shape index (κ3) is 4.21. The van der Waals surface area contributed by atoms with E-state index in [9.17, 15) is 4.39 Å². The molecule has 2 aromatic rings. The van der Waals surface area contributed by atoms with Crippen LogP contribution in [0.2, 0.25) is 0 Å². The first-order chi connectivity index (χ1) is 10.6. The molecule has 2 rings (SSSR count). The zero-order valence-electron chi connectivity index (χ0n) is 13.0. The van der Waals surface area contributed by atoms with Crippen molar-refractivity contribution < 1.29 is 13.9 Å². The van der Waals surface area contributed by atoms with Gasteiger partial charge >= 0.3 is 0 Å². The van der Waals surface area contributed by atoms with Gasteiger partial charge in [-0.05, 0) is 37.5 Å². The maximum absolute atomic E-state index is 13.7. The first-order valence-electron chi connectivity index (χ1n) is 7.39. The molecule has 0 bridgehead atoms. The molecule has 4 heteroatoms. The van der Waals surface area contributed by atoms with Gasteiger partial charge in [-0.25, -0.2) is 4.39 Å². The summed E-state index contributed by atoms with van der Waals surface area (Å²) in [4.78, 5) is 0. The first kappa shape index (κ1) is 16.3. The van der Waals surface area contributed by atoms with Gasteiger partial charge in [0.2, 0.25) is 0 Å². The van der Waals surface area contributed by atoms with E-state index in [1.807, 2.05) is 25.1 Å². The highest BCUT2D eigenvalue weighted by Crippen LogP contribution is 2.32. The van der Waals surface area contributed by atoms with Gasteiger partial charge in [-0.2, -0.15) is 0 Å². The number of para-hydroxylation sites is 1. The summed E-state index contributed by atoms with van der Waals surface area (Å²) in [6.07, 6.45) is 1.64. The molecule has 0 aliphatic heterocycles. The second-order valence-corrected chi connectivity index (χ2v) is 5.34. The van der Waals surface area contributed by atoms with Crippen LogP contribution in [-0.2, 0) is 13.0 Å². The van der Waals surface area contributed by atoms with Crippen LogP contribution in [0, 0.1) is 5.82 Å². The number of benzene rings is 2. The lowest BCUT2D eigenvalue weighted by Crippen LogP contribution is -2.15. The van der Waals surface area contributed by atoms with Gasteiger partial charge in [-0.3, -0.25) is 0 Å². The molecule has 118 valence electrons. The van der Waals surface area contributed by atoms with Crippen molar-refractivity contribution in [1.82, 2.24) is 0 Å². The van der Waals surface area contributed by atoms with Crippen LogP contribution >= 0.6 is 0 Å².